The first-order valence-corrected chi connectivity index (χ1v) is 12.6. The van der Waals surface area contributed by atoms with Crippen LogP contribution in [-0.4, -0.2) is 37.2 Å². The molecule has 0 spiro atoms. The molecule has 0 atom stereocenters. The van der Waals surface area contributed by atoms with Crippen molar-refractivity contribution in [3.63, 3.8) is 0 Å². The quantitative estimate of drug-likeness (QED) is 0.279. The largest absolute Gasteiger partial charge is 0.496 e. The van der Waals surface area contributed by atoms with Gasteiger partial charge in [-0.05, 0) is 65.8 Å². The molecular weight excluding hydrogens is 511 g/mol. The lowest BCUT2D eigenvalue weighted by molar-refractivity contribution is -0.140. The normalized spacial score (nSPS) is 13.4. The number of rotatable bonds is 9. The predicted molar refractivity (Wildman–Crippen MR) is 139 cm³/mol. The molecule has 39 heavy (non-hydrogen) atoms. The van der Waals surface area contributed by atoms with E-state index in [0.29, 0.717) is 28.0 Å². The van der Waals surface area contributed by atoms with Crippen molar-refractivity contribution in [1.82, 2.24) is 4.90 Å². The summed E-state index contributed by atoms with van der Waals surface area (Å²) < 4.78 is 57.1. The fourth-order valence-corrected chi connectivity index (χ4v) is 4.50. The van der Waals surface area contributed by atoms with Crippen LogP contribution in [-0.2, 0) is 40.0 Å². The highest BCUT2D eigenvalue weighted by Gasteiger charge is 2.34. The van der Waals surface area contributed by atoms with Crippen molar-refractivity contribution in [3.8, 4) is 16.9 Å². The summed E-state index contributed by atoms with van der Waals surface area (Å²) in [5.41, 5.74) is 1.87. The Morgan fingerprint density at radius 1 is 0.923 bits per heavy atom. The average molecular weight is 542 g/mol. The number of nitrogens with zero attached hydrogens (tertiary/aromatic N) is 1. The lowest BCUT2D eigenvalue weighted by atomic mass is 9.90. The van der Waals surface area contributed by atoms with Gasteiger partial charge >= 0.3 is 18.2 Å². The van der Waals surface area contributed by atoms with Crippen LogP contribution in [0, 0.1) is 0 Å². The van der Waals surface area contributed by atoms with E-state index in [1.165, 1.54) is 25.2 Å². The Morgan fingerprint density at radius 3 is 2.28 bits per heavy atom. The molecule has 0 N–H and O–H groups in total. The predicted octanol–water partition coefficient (Wildman–Crippen LogP) is 6.79. The summed E-state index contributed by atoms with van der Waals surface area (Å²) in [5, 5.41) is 0. The summed E-state index contributed by atoms with van der Waals surface area (Å²) in [6.45, 7) is -0.0241. The third kappa shape index (κ3) is 6.90. The number of methoxy groups -OCH3 is 2. The first-order valence-electron chi connectivity index (χ1n) is 12.6. The monoisotopic (exact) mass is 541 g/mol. The molecule has 1 aliphatic carbocycles. The van der Waals surface area contributed by atoms with Gasteiger partial charge in [0.15, 0.2) is 0 Å². The van der Waals surface area contributed by atoms with Crippen LogP contribution in [0.15, 0.2) is 66.7 Å². The molecule has 0 aliphatic heterocycles. The van der Waals surface area contributed by atoms with Gasteiger partial charge in [0.05, 0.1) is 26.2 Å². The highest BCUT2D eigenvalue weighted by atomic mass is 19.4. The molecule has 6 nitrogen and oxygen atoms in total. The van der Waals surface area contributed by atoms with Gasteiger partial charge in [0.25, 0.3) is 0 Å². The van der Waals surface area contributed by atoms with Crippen molar-refractivity contribution in [1.29, 1.82) is 0 Å². The number of halogens is 3. The molecule has 1 saturated carbocycles. The number of hydrogen-bond donors (Lipinski definition) is 0. The second-order valence-corrected chi connectivity index (χ2v) is 9.41. The minimum absolute atomic E-state index is 0.0104. The Hall–Kier alpha value is -4.01. The molecule has 1 amide bonds. The average Bonchev–Trinajstić information content (AvgIpc) is 2.90. The van der Waals surface area contributed by atoms with Crippen LogP contribution in [0.3, 0.4) is 0 Å². The van der Waals surface area contributed by atoms with Crippen LogP contribution >= 0.6 is 0 Å². The maximum Gasteiger partial charge on any atom is 0.416 e. The molecule has 0 unspecified atom stereocenters. The number of carbonyl (C=O) groups is 2. The molecule has 0 saturated heterocycles. The van der Waals surface area contributed by atoms with Crippen LogP contribution < -0.4 is 4.74 Å². The van der Waals surface area contributed by atoms with Gasteiger partial charge in [-0.25, -0.2) is 4.79 Å². The molecule has 4 rings (SSSR count). The van der Waals surface area contributed by atoms with E-state index in [-0.39, 0.29) is 25.6 Å². The Morgan fingerprint density at radius 2 is 1.67 bits per heavy atom. The molecule has 3 aromatic carbocycles. The van der Waals surface area contributed by atoms with Gasteiger partial charge < -0.3 is 19.1 Å². The minimum atomic E-state index is -4.57. The SMILES string of the molecule is COC(=O)Cc1ccc(OC)c(-c2ccc(C(F)(F)F)cc2CN(C(=O)OCc2ccccc2)C2CCC2)c1. The standard InChI is InChI=1S/C30H30F3NO5/c1-37-27-14-11-21(16-28(35)38-2)15-26(27)25-13-12-23(30(31,32)33)17-22(25)18-34(24-9-6-10-24)29(36)39-19-20-7-4-3-5-8-20/h3-5,7-8,11-15,17,24H,6,9-10,16,18-19H2,1-2H3. The fourth-order valence-electron chi connectivity index (χ4n) is 4.50. The zero-order valence-corrected chi connectivity index (χ0v) is 21.8. The molecule has 3 aromatic rings. The summed E-state index contributed by atoms with van der Waals surface area (Å²) in [6, 6.07) is 17.6. The Kier molecular flexibility index (Phi) is 8.79. The van der Waals surface area contributed by atoms with Gasteiger partial charge in [0.2, 0.25) is 0 Å². The Bertz CT molecular complexity index is 1310. The highest BCUT2D eigenvalue weighted by Crippen LogP contribution is 2.39. The van der Waals surface area contributed by atoms with Crippen molar-refractivity contribution >= 4 is 12.1 Å². The molecule has 0 heterocycles. The van der Waals surface area contributed by atoms with E-state index in [4.69, 9.17) is 14.2 Å². The molecule has 9 heteroatoms. The highest BCUT2D eigenvalue weighted by molar-refractivity contribution is 5.78. The summed E-state index contributed by atoms with van der Waals surface area (Å²) in [7, 11) is 2.75. The third-order valence-corrected chi connectivity index (χ3v) is 6.86. The van der Waals surface area contributed by atoms with E-state index < -0.39 is 23.8 Å². The maximum atomic E-state index is 13.8. The lowest BCUT2D eigenvalue weighted by Crippen LogP contribution is -2.44. The fraction of sp³-hybridized carbons (Fsp3) is 0.333. The first-order chi connectivity index (χ1) is 18.7. The third-order valence-electron chi connectivity index (χ3n) is 6.86. The number of ether oxygens (including phenoxy) is 3. The second kappa shape index (κ2) is 12.2. The Labute approximate surface area is 225 Å². The molecular formula is C30H30F3NO5. The van der Waals surface area contributed by atoms with Gasteiger partial charge in [-0.2, -0.15) is 13.2 Å². The van der Waals surface area contributed by atoms with E-state index in [1.807, 2.05) is 30.3 Å². The van der Waals surface area contributed by atoms with Gasteiger partial charge in [-0.3, -0.25) is 4.79 Å². The van der Waals surface area contributed by atoms with Gasteiger partial charge in [0.1, 0.15) is 12.4 Å². The summed E-state index contributed by atoms with van der Waals surface area (Å²) in [6.07, 6.45) is -2.76. The van der Waals surface area contributed by atoms with Gasteiger partial charge in [0, 0.05) is 18.2 Å². The van der Waals surface area contributed by atoms with Crippen LogP contribution in [0.1, 0.15) is 41.5 Å². The smallest absolute Gasteiger partial charge is 0.416 e. The lowest BCUT2D eigenvalue weighted by Gasteiger charge is -2.37. The number of hydrogen-bond acceptors (Lipinski definition) is 5. The van der Waals surface area contributed by atoms with Crippen LogP contribution in [0.4, 0.5) is 18.0 Å². The van der Waals surface area contributed by atoms with Gasteiger partial charge in [-0.15, -0.1) is 0 Å². The van der Waals surface area contributed by atoms with E-state index in [0.717, 1.165) is 37.0 Å². The van der Waals surface area contributed by atoms with Crippen LogP contribution in [0.25, 0.3) is 11.1 Å². The van der Waals surface area contributed by atoms with E-state index in [1.54, 1.807) is 18.2 Å². The molecule has 0 radical (unpaired) electrons. The van der Waals surface area contributed by atoms with Crippen molar-refractivity contribution in [2.45, 2.75) is 51.1 Å². The number of amides is 1. The van der Waals surface area contributed by atoms with Gasteiger partial charge in [-0.1, -0.05) is 42.5 Å². The molecule has 0 aromatic heterocycles. The number of alkyl halides is 3. The zero-order valence-electron chi connectivity index (χ0n) is 21.8. The number of benzene rings is 3. The van der Waals surface area contributed by atoms with Crippen molar-refractivity contribution in [2.24, 2.45) is 0 Å². The first kappa shape index (κ1) is 28.0. The second-order valence-electron chi connectivity index (χ2n) is 9.41. The van der Waals surface area contributed by atoms with Crippen molar-refractivity contribution < 1.29 is 37.0 Å². The van der Waals surface area contributed by atoms with E-state index in [2.05, 4.69) is 0 Å². The minimum Gasteiger partial charge on any atom is -0.496 e. The summed E-state index contributed by atoms with van der Waals surface area (Å²) in [5.74, 6) is -0.0254. The maximum absolute atomic E-state index is 13.8. The van der Waals surface area contributed by atoms with Crippen LogP contribution in [0.2, 0.25) is 0 Å². The van der Waals surface area contributed by atoms with E-state index in [9.17, 15) is 22.8 Å². The molecule has 1 fully saturated rings. The summed E-state index contributed by atoms with van der Waals surface area (Å²) >= 11 is 0. The molecule has 1 aliphatic rings. The van der Waals surface area contributed by atoms with Crippen molar-refractivity contribution in [2.75, 3.05) is 14.2 Å². The molecule has 206 valence electrons. The molecule has 0 bridgehead atoms. The number of carbonyl (C=O) groups excluding carboxylic acids is 2. The van der Waals surface area contributed by atoms with Crippen LogP contribution in [0.5, 0.6) is 5.75 Å². The van der Waals surface area contributed by atoms with Crippen molar-refractivity contribution in [3.05, 3.63) is 89.0 Å². The Balaban J connectivity index is 1.72. The zero-order chi connectivity index (χ0) is 28.0. The number of esters is 1. The van der Waals surface area contributed by atoms with E-state index >= 15 is 0 Å². The summed E-state index contributed by atoms with van der Waals surface area (Å²) in [4.78, 5) is 26.6. The topological polar surface area (TPSA) is 65.1 Å².